The summed E-state index contributed by atoms with van der Waals surface area (Å²) in [6.07, 6.45) is 2.46. The maximum absolute atomic E-state index is 11.9. The fraction of sp³-hybridized carbons (Fsp3) is 0.250. The standard InChI is InChI=1S/C16H14Cl2N2O4S/c1-25(23,24)15-8-9(2-7-14(15)20(21)22)19-13-6-4-11-10(13)3-5-12(17)16(11)18/h2-3,5,7-8,13,19H,4,6H2,1H3. The van der Waals surface area contributed by atoms with Gasteiger partial charge in [-0.1, -0.05) is 29.3 Å². The molecule has 6 nitrogen and oxygen atoms in total. The molecular weight excluding hydrogens is 387 g/mol. The lowest BCUT2D eigenvalue weighted by Gasteiger charge is -2.16. The van der Waals surface area contributed by atoms with Crippen molar-refractivity contribution >= 4 is 44.4 Å². The first-order valence-corrected chi connectivity index (χ1v) is 10.0. The molecule has 0 amide bonds. The van der Waals surface area contributed by atoms with Gasteiger partial charge in [0.1, 0.15) is 4.90 Å². The normalized spacial score (nSPS) is 16.5. The smallest absolute Gasteiger partial charge is 0.288 e. The van der Waals surface area contributed by atoms with E-state index in [0.717, 1.165) is 30.2 Å². The monoisotopic (exact) mass is 400 g/mol. The minimum Gasteiger partial charge on any atom is -0.378 e. The van der Waals surface area contributed by atoms with E-state index in [9.17, 15) is 18.5 Å². The summed E-state index contributed by atoms with van der Waals surface area (Å²) in [5.74, 6) is 0. The first kappa shape index (κ1) is 18.0. The van der Waals surface area contributed by atoms with Crippen LogP contribution in [-0.4, -0.2) is 19.6 Å². The van der Waals surface area contributed by atoms with E-state index in [1.165, 1.54) is 18.2 Å². The Balaban J connectivity index is 1.96. The number of benzene rings is 2. The summed E-state index contributed by atoms with van der Waals surface area (Å²) >= 11 is 12.3. The molecule has 0 aromatic heterocycles. The summed E-state index contributed by atoms with van der Waals surface area (Å²) in [4.78, 5) is 10.0. The van der Waals surface area contributed by atoms with Gasteiger partial charge in [0, 0.05) is 18.0 Å². The molecule has 3 rings (SSSR count). The minimum absolute atomic E-state index is 0.0707. The van der Waals surface area contributed by atoms with E-state index in [1.807, 2.05) is 6.07 Å². The van der Waals surface area contributed by atoms with Gasteiger partial charge in [0.25, 0.3) is 5.69 Å². The van der Waals surface area contributed by atoms with Gasteiger partial charge in [-0.15, -0.1) is 0 Å². The number of nitro groups is 1. The molecule has 1 N–H and O–H groups in total. The zero-order valence-corrected chi connectivity index (χ0v) is 15.5. The van der Waals surface area contributed by atoms with Crippen molar-refractivity contribution in [2.75, 3.05) is 11.6 Å². The Labute approximate surface area is 154 Å². The van der Waals surface area contributed by atoms with Gasteiger partial charge >= 0.3 is 0 Å². The summed E-state index contributed by atoms with van der Waals surface area (Å²) in [6, 6.07) is 7.53. The quantitative estimate of drug-likeness (QED) is 0.606. The number of anilines is 1. The second-order valence-corrected chi connectivity index (χ2v) is 8.65. The summed E-state index contributed by atoms with van der Waals surface area (Å²) in [6.45, 7) is 0. The molecule has 2 aromatic rings. The van der Waals surface area contributed by atoms with Gasteiger partial charge in [-0.25, -0.2) is 8.42 Å². The fourth-order valence-electron chi connectivity index (χ4n) is 3.04. The second-order valence-electron chi connectivity index (χ2n) is 5.88. The molecule has 132 valence electrons. The molecule has 1 unspecified atom stereocenters. The lowest BCUT2D eigenvalue weighted by Crippen LogP contribution is -2.09. The number of nitrogens with zero attached hydrogens (tertiary/aromatic N) is 1. The van der Waals surface area contributed by atoms with Gasteiger partial charge in [0.05, 0.1) is 21.0 Å². The molecule has 9 heteroatoms. The molecule has 0 fully saturated rings. The molecule has 0 bridgehead atoms. The van der Waals surface area contributed by atoms with Crippen molar-refractivity contribution in [2.45, 2.75) is 23.8 Å². The predicted octanol–water partition coefficient (Wildman–Crippen LogP) is 4.40. The number of nitrogens with one attached hydrogen (secondary N) is 1. The average molecular weight is 401 g/mol. The summed E-state index contributed by atoms with van der Waals surface area (Å²) < 4.78 is 23.7. The topological polar surface area (TPSA) is 89.3 Å². The van der Waals surface area contributed by atoms with E-state index in [0.29, 0.717) is 15.7 Å². The first-order valence-electron chi connectivity index (χ1n) is 7.40. The van der Waals surface area contributed by atoms with Crippen LogP contribution in [-0.2, 0) is 16.3 Å². The van der Waals surface area contributed by atoms with Crippen LogP contribution in [0.2, 0.25) is 10.0 Å². The highest BCUT2D eigenvalue weighted by Crippen LogP contribution is 2.41. The average Bonchev–Trinajstić information content (AvgIpc) is 2.93. The highest BCUT2D eigenvalue weighted by atomic mass is 35.5. The third-order valence-corrected chi connectivity index (χ3v) is 6.16. The largest absolute Gasteiger partial charge is 0.378 e. The van der Waals surface area contributed by atoms with E-state index in [-0.39, 0.29) is 10.9 Å². The number of sulfone groups is 1. The molecule has 25 heavy (non-hydrogen) atoms. The van der Waals surface area contributed by atoms with E-state index in [2.05, 4.69) is 5.32 Å². The van der Waals surface area contributed by atoms with E-state index in [1.54, 1.807) is 6.07 Å². The van der Waals surface area contributed by atoms with E-state index >= 15 is 0 Å². The third-order valence-electron chi connectivity index (χ3n) is 4.19. The predicted molar refractivity (Wildman–Crippen MR) is 97.4 cm³/mol. The van der Waals surface area contributed by atoms with Crippen LogP contribution in [0.15, 0.2) is 35.2 Å². The summed E-state index contributed by atoms with van der Waals surface area (Å²) in [5, 5.41) is 15.3. The zero-order chi connectivity index (χ0) is 18.4. The summed E-state index contributed by atoms with van der Waals surface area (Å²) in [7, 11) is -3.73. The van der Waals surface area contributed by atoms with Crippen LogP contribution < -0.4 is 5.32 Å². The molecule has 1 atom stereocenters. The van der Waals surface area contributed by atoms with Crippen molar-refractivity contribution in [1.29, 1.82) is 0 Å². The summed E-state index contributed by atoms with van der Waals surface area (Å²) in [5.41, 5.74) is 2.02. The Morgan fingerprint density at radius 1 is 1.24 bits per heavy atom. The lowest BCUT2D eigenvalue weighted by atomic mass is 10.1. The number of hydrogen-bond donors (Lipinski definition) is 1. The van der Waals surface area contributed by atoms with Gasteiger partial charge in [-0.3, -0.25) is 10.1 Å². The molecule has 0 aliphatic heterocycles. The van der Waals surface area contributed by atoms with Gasteiger partial charge in [0.2, 0.25) is 0 Å². The first-order chi connectivity index (χ1) is 11.7. The molecule has 1 aliphatic carbocycles. The van der Waals surface area contributed by atoms with Crippen molar-refractivity contribution in [3.8, 4) is 0 Å². The number of nitro benzene ring substituents is 1. The minimum atomic E-state index is -3.73. The molecular formula is C16H14Cl2N2O4S. The van der Waals surface area contributed by atoms with Gasteiger partial charge in [-0.05, 0) is 42.2 Å². The number of fused-ring (bicyclic) bond motifs is 1. The highest BCUT2D eigenvalue weighted by molar-refractivity contribution is 7.90. The van der Waals surface area contributed by atoms with Crippen LogP contribution in [0, 0.1) is 10.1 Å². The van der Waals surface area contributed by atoms with Gasteiger partial charge in [0.15, 0.2) is 9.84 Å². The zero-order valence-electron chi connectivity index (χ0n) is 13.1. The Bertz CT molecular complexity index is 976. The molecule has 0 heterocycles. The van der Waals surface area contributed by atoms with Crippen molar-refractivity contribution in [3.05, 3.63) is 61.6 Å². The van der Waals surface area contributed by atoms with Crippen LogP contribution in [0.4, 0.5) is 11.4 Å². The molecule has 0 saturated carbocycles. The van der Waals surface area contributed by atoms with Crippen LogP contribution in [0.1, 0.15) is 23.6 Å². The number of rotatable bonds is 4. The molecule has 0 spiro atoms. The maximum atomic E-state index is 11.9. The Hall–Kier alpha value is -1.83. The van der Waals surface area contributed by atoms with Gasteiger partial charge < -0.3 is 5.32 Å². The Kier molecular flexibility index (Phi) is 4.66. The number of hydrogen-bond acceptors (Lipinski definition) is 5. The molecule has 0 radical (unpaired) electrons. The second kappa shape index (κ2) is 6.48. The van der Waals surface area contributed by atoms with Crippen LogP contribution in [0.25, 0.3) is 0 Å². The van der Waals surface area contributed by atoms with Crippen molar-refractivity contribution < 1.29 is 13.3 Å². The Morgan fingerprint density at radius 2 is 1.96 bits per heavy atom. The van der Waals surface area contributed by atoms with Crippen molar-refractivity contribution in [1.82, 2.24) is 0 Å². The molecule has 0 saturated heterocycles. The van der Waals surface area contributed by atoms with Crippen molar-refractivity contribution in [2.24, 2.45) is 0 Å². The molecule has 2 aromatic carbocycles. The van der Waals surface area contributed by atoms with Crippen LogP contribution in [0.3, 0.4) is 0 Å². The molecule has 1 aliphatic rings. The Morgan fingerprint density at radius 3 is 2.60 bits per heavy atom. The fourth-order valence-corrected chi connectivity index (χ4v) is 4.34. The maximum Gasteiger partial charge on any atom is 0.288 e. The van der Waals surface area contributed by atoms with Crippen LogP contribution >= 0.6 is 23.2 Å². The van der Waals surface area contributed by atoms with Gasteiger partial charge in [-0.2, -0.15) is 0 Å². The van der Waals surface area contributed by atoms with E-state index < -0.39 is 20.4 Å². The SMILES string of the molecule is CS(=O)(=O)c1cc(NC2CCc3c2ccc(Cl)c3Cl)ccc1[N+](=O)[O-]. The van der Waals surface area contributed by atoms with E-state index in [4.69, 9.17) is 23.2 Å². The third kappa shape index (κ3) is 3.44. The van der Waals surface area contributed by atoms with Crippen molar-refractivity contribution in [3.63, 3.8) is 0 Å². The lowest BCUT2D eigenvalue weighted by molar-refractivity contribution is -0.387. The highest BCUT2D eigenvalue weighted by Gasteiger charge is 2.27. The van der Waals surface area contributed by atoms with Crippen LogP contribution in [0.5, 0.6) is 0 Å². The number of halogens is 2.